The second kappa shape index (κ2) is 5.53. The molecule has 1 aromatic carbocycles. The molecule has 1 aliphatic rings. The molecule has 6 heteroatoms. The zero-order valence-electron chi connectivity index (χ0n) is 12.1. The van der Waals surface area contributed by atoms with Crippen molar-refractivity contribution in [3.05, 3.63) is 35.2 Å². The Balaban J connectivity index is 1.77. The molecule has 2 aromatic heterocycles. The molecule has 0 unspecified atom stereocenters. The number of thiazole rings is 1. The quantitative estimate of drug-likeness (QED) is 0.747. The highest BCUT2D eigenvalue weighted by Crippen LogP contribution is 2.25. The third-order valence-electron chi connectivity index (χ3n) is 4.07. The topological polar surface area (TPSA) is 51.0 Å². The number of amides is 1. The summed E-state index contributed by atoms with van der Waals surface area (Å²) in [6.07, 6.45) is 2.21. The van der Waals surface area contributed by atoms with Gasteiger partial charge in [-0.25, -0.2) is 9.97 Å². The lowest BCUT2D eigenvalue weighted by Gasteiger charge is -2.16. The maximum atomic E-state index is 12.5. The van der Waals surface area contributed by atoms with Gasteiger partial charge in [0.2, 0.25) is 5.91 Å². The van der Waals surface area contributed by atoms with E-state index < -0.39 is 0 Å². The van der Waals surface area contributed by atoms with Crippen molar-refractivity contribution in [2.24, 2.45) is 0 Å². The number of rotatable bonds is 3. The van der Waals surface area contributed by atoms with E-state index in [-0.39, 0.29) is 5.91 Å². The normalized spacial score (nSPS) is 14.8. The number of carbonyl (C=O) groups excluding carboxylic acids is 1. The van der Waals surface area contributed by atoms with Crippen LogP contribution in [0.25, 0.3) is 22.6 Å². The zero-order valence-corrected chi connectivity index (χ0v) is 12.9. The first-order valence-corrected chi connectivity index (χ1v) is 8.39. The highest BCUT2D eigenvalue weighted by molar-refractivity contribution is 7.07. The second-order valence-electron chi connectivity index (χ2n) is 5.47. The fraction of sp³-hybridized carbons (Fsp3) is 0.312. The first kappa shape index (κ1) is 13.5. The van der Waals surface area contributed by atoms with Crippen molar-refractivity contribution < 1.29 is 4.79 Å². The Bertz CT molecular complexity index is 803. The summed E-state index contributed by atoms with van der Waals surface area (Å²) in [5, 5.41) is 1.97. The first-order chi connectivity index (χ1) is 10.8. The number of likely N-dealkylation sites (tertiary alicyclic amines) is 1. The number of imidazole rings is 1. The van der Waals surface area contributed by atoms with Crippen molar-refractivity contribution in [2.75, 3.05) is 13.1 Å². The molecule has 22 heavy (non-hydrogen) atoms. The highest BCUT2D eigenvalue weighted by Gasteiger charge is 2.21. The molecule has 0 atom stereocenters. The molecule has 1 aliphatic heterocycles. The van der Waals surface area contributed by atoms with E-state index in [1.54, 1.807) is 5.51 Å². The van der Waals surface area contributed by atoms with Crippen LogP contribution in [0.5, 0.6) is 0 Å². The Hall–Kier alpha value is -2.21. The highest BCUT2D eigenvalue weighted by atomic mass is 32.1. The van der Waals surface area contributed by atoms with Crippen LogP contribution in [0.3, 0.4) is 0 Å². The summed E-state index contributed by atoms with van der Waals surface area (Å²) in [6, 6.07) is 7.93. The van der Waals surface area contributed by atoms with Crippen LogP contribution in [-0.4, -0.2) is 38.4 Å². The van der Waals surface area contributed by atoms with Crippen molar-refractivity contribution in [1.82, 2.24) is 19.4 Å². The van der Waals surface area contributed by atoms with Gasteiger partial charge in [-0.05, 0) is 25.0 Å². The van der Waals surface area contributed by atoms with E-state index in [2.05, 4.69) is 9.97 Å². The Morgan fingerprint density at radius 2 is 2.05 bits per heavy atom. The van der Waals surface area contributed by atoms with Gasteiger partial charge >= 0.3 is 0 Å². The summed E-state index contributed by atoms with van der Waals surface area (Å²) >= 11 is 1.54. The molecule has 1 saturated heterocycles. The van der Waals surface area contributed by atoms with Crippen molar-refractivity contribution in [1.29, 1.82) is 0 Å². The van der Waals surface area contributed by atoms with Crippen molar-refractivity contribution in [3.63, 3.8) is 0 Å². The molecule has 112 valence electrons. The van der Waals surface area contributed by atoms with Gasteiger partial charge in [-0.2, -0.15) is 0 Å². The fourth-order valence-corrected chi connectivity index (χ4v) is 3.49. The van der Waals surface area contributed by atoms with Crippen molar-refractivity contribution >= 4 is 28.3 Å². The molecule has 1 fully saturated rings. The Labute approximate surface area is 132 Å². The summed E-state index contributed by atoms with van der Waals surface area (Å²) < 4.78 is 1.99. The monoisotopic (exact) mass is 312 g/mol. The summed E-state index contributed by atoms with van der Waals surface area (Å²) in [7, 11) is 0. The number of benzene rings is 1. The fourth-order valence-electron chi connectivity index (χ4n) is 2.96. The molecular weight excluding hydrogens is 296 g/mol. The maximum Gasteiger partial charge on any atom is 0.242 e. The molecule has 5 nitrogen and oxygen atoms in total. The Morgan fingerprint density at radius 1 is 1.23 bits per heavy atom. The molecule has 0 N–H and O–H groups in total. The minimum atomic E-state index is 0.164. The van der Waals surface area contributed by atoms with Gasteiger partial charge in [0.25, 0.3) is 0 Å². The van der Waals surface area contributed by atoms with Crippen LogP contribution < -0.4 is 0 Å². The summed E-state index contributed by atoms with van der Waals surface area (Å²) in [4.78, 5) is 23.5. The lowest BCUT2D eigenvalue weighted by atomic mass is 10.3. The van der Waals surface area contributed by atoms with Crippen LogP contribution in [0.2, 0.25) is 0 Å². The van der Waals surface area contributed by atoms with E-state index in [9.17, 15) is 4.79 Å². The zero-order chi connectivity index (χ0) is 14.9. The van der Waals surface area contributed by atoms with E-state index in [4.69, 9.17) is 0 Å². The molecule has 0 bridgehead atoms. The molecule has 1 amide bonds. The van der Waals surface area contributed by atoms with Gasteiger partial charge < -0.3 is 9.47 Å². The smallest absolute Gasteiger partial charge is 0.242 e. The Morgan fingerprint density at radius 3 is 2.82 bits per heavy atom. The molecule has 0 radical (unpaired) electrons. The van der Waals surface area contributed by atoms with Gasteiger partial charge in [0, 0.05) is 18.5 Å². The lowest BCUT2D eigenvalue weighted by Crippen LogP contribution is -2.31. The first-order valence-electron chi connectivity index (χ1n) is 7.44. The number of hydrogen-bond acceptors (Lipinski definition) is 4. The molecule has 4 rings (SSSR count). The molecule has 3 heterocycles. The van der Waals surface area contributed by atoms with Crippen LogP contribution >= 0.6 is 11.3 Å². The number of carbonyl (C=O) groups is 1. The van der Waals surface area contributed by atoms with Crippen LogP contribution in [0.4, 0.5) is 0 Å². The summed E-state index contributed by atoms with van der Waals surface area (Å²) in [5.41, 5.74) is 4.51. The van der Waals surface area contributed by atoms with E-state index in [0.29, 0.717) is 6.54 Å². The van der Waals surface area contributed by atoms with Gasteiger partial charge in [0.1, 0.15) is 12.2 Å². The minimum Gasteiger partial charge on any atom is -0.341 e. The van der Waals surface area contributed by atoms with Crippen LogP contribution in [0.1, 0.15) is 12.8 Å². The van der Waals surface area contributed by atoms with Gasteiger partial charge in [-0.3, -0.25) is 4.79 Å². The van der Waals surface area contributed by atoms with Crippen molar-refractivity contribution in [2.45, 2.75) is 19.4 Å². The predicted octanol–water partition coefficient (Wildman–Crippen LogP) is 2.78. The van der Waals surface area contributed by atoms with E-state index in [0.717, 1.165) is 48.5 Å². The molecule has 0 aliphatic carbocycles. The average molecular weight is 312 g/mol. The van der Waals surface area contributed by atoms with Gasteiger partial charge in [-0.1, -0.05) is 12.1 Å². The van der Waals surface area contributed by atoms with Gasteiger partial charge in [0.05, 0.1) is 16.5 Å². The largest absolute Gasteiger partial charge is 0.341 e. The summed E-state index contributed by atoms with van der Waals surface area (Å²) in [6.45, 7) is 2.07. The summed E-state index contributed by atoms with van der Waals surface area (Å²) in [5.74, 6) is 0.937. The second-order valence-corrected chi connectivity index (χ2v) is 6.19. The van der Waals surface area contributed by atoms with Gasteiger partial charge in [0.15, 0.2) is 5.82 Å². The SMILES string of the molecule is O=C(Cn1c(-c2cscn2)nc2ccccc21)N1CCCC1. The van der Waals surface area contributed by atoms with Crippen molar-refractivity contribution in [3.8, 4) is 11.5 Å². The standard InChI is InChI=1S/C16H16N4OS/c21-15(19-7-3-4-8-19)9-20-14-6-2-1-5-12(14)18-16(20)13-10-22-11-17-13/h1-2,5-6,10-11H,3-4,7-9H2. The van der Waals surface area contributed by atoms with E-state index in [1.165, 1.54) is 11.3 Å². The maximum absolute atomic E-state index is 12.5. The molecule has 0 saturated carbocycles. The average Bonchev–Trinajstić information content (AvgIpc) is 3.28. The Kier molecular flexibility index (Phi) is 3.38. The number of para-hydroxylation sites is 2. The van der Waals surface area contributed by atoms with E-state index >= 15 is 0 Å². The lowest BCUT2D eigenvalue weighted by molar-refractivity contribution is -0.130. The molecule has 3 aromatic rings. The number of hydrogen-bond donors (Lipinski definition) is 0. The molecule has 0 spiro atoms. The third kappa shape index (κ3) is 2.29. The van der Waals surface area contributed by atoms with Crippen LogP contribution in [-0.2, 0) is 11.3 Å². The predicted molar refractivity (Wildman–Crippen MR) is 86.7 cm³/mol. The van der Waals surface area contributed by atoms with Crippen LogP contribution in [0.15, 0.2) is 35.2 Å². The van der Waals surface area contributed by atoms with Gasteiger partial charge in [-0.15, -0.1) is 11.3 Å². The number of fused-ring (bicyclic) bond motifs is 1. The van der Waals surface area contributed by atoms with E-state index in [1.807, 2.05) is 39.1 Å². The van der Waals surface area contributed by atoms with Crippen LogP contribution in [0, 0.1) is 0 Å². The third-order valence-corrected chi connectivity index (χ3v) is 4.65. The number of nitrogens with zero attached hydrogens (tertiary/aromatic N) is 4. The minimum absolute atomic E-state index is 0.164. The number of aromatic nitrogens is 3. The molecular formula is C16H16N4OS.